The highest BCUT2D eigenvalue weighted by molar-refractivity contribution is 5.67. The first-order chi connectivity index (χ1) is 6.02. The van der Waals surface area contributed by atoms with Gasteiger partial charge in [-0.1, -0.05) is 0 Å². The number of anilines is 2. The maximum atomic E-state index is 10.4. The maximum absolute atomic E-state index is 10.4. The third kappa shape index (κ3) is 1.83. The maximum Gasteiger partial charge on any atom is 0.294 e. The Morgan fingerprint density at radius 3 is 2.62 bits per heavy atom. The van der Waals surface area contributed by atoms with Crippen LogP contribution in [0.3, 0.4) is 0 Å². The molecule has 0 saturated carbocycles. The number of hydrogen-bond acceptors (Lipinski definition) is 6. The Kier molecular flexibility index (Phi) is 2.31. The SMILES string of the molecule is Nc1ccc([N+](=O)[O-])c(N([O-])O)c1. The molecule has 0 fully saturated rings. The van der Waals surface area contributed by atoms with Crippen LogP contribution in [-0.2, 0) is 0 Å². The summed E-state index contributed by atoms with van der Waals surface area (Å²) in [6.07, 6.45) is 0. The van der Waals surface area contributed by atoms with Gasteiger partial charge in [0.2, 0.25) is 0 Å². The summed E-state index contributed by atoms with van der Waals surface area (Å²) in [6, 6.07) is 3.34. The van der Waals surface area contributed by atoms with E-state index in [2.05, 4.69) is 0 Å². The Morgan fingerprint density at radius 1 is 1.54 bits per heavy atom. The van der Waals surface area contributed by atoms with Gasteiger partial charge >= 0.3 is 0 Å². The van der Waals surface area contributed by atoms with E-state index < -0.39 is 21.5 Å². The van der Waals surface area contributed by atoms with Crippen molar-refractivity contribution >= 4 is 17.1 Å². The molecule has 0 unspecified atom stereocenters. The topological polar surface area (TPSA) is 116 Å². The molecule has 7 nitrogen and oxygen atoms in total. The molecule has 3 N–H and O–H groups in total. The molecular weight excluding hydrogens is 178 g/mol. The van der Waals surface area contributed by atoms with Crippen LogP contribution >= 0.6 is 0 Å². The number of rotatable bonds is 2. The van der Waals surface area contributed by atoms with E-state index >= 15 is 0 Å². The van der Waals surface area contributed by atoms with Gasteiger partial charge in [-0.15, -0.1) is 0 Å². The average Bonchev–Trinajstić information content (AvgIpc) is 2.03. The van der Waals surface area contributed by atoms with Crippen LogP contribution in [0.1, 0.15) is 0 Å². The smallest absolute Gasteiger partial charge is 0.294 e. The normalized spacial score (nSPS) is 9.69. The van der Waals surface area contributed by atoms with E-state index in [1.165, 1.54) is 6.07 Å². The molecule has 0 atom stereocenters. The molecule has 0 aliphatic carbocycles. The predicted molar refractivity (Wildman–Crippen MR) is 45.1 cm³/mol. The van der Waals surface area contributed by atoms with Crippen molar-refractivity contribution in [2.75, 3.05) is 11.0 Å². The van der Waals surface area contributed by atoms with E-state index in [1.54, 1.807) is 0 Å². The lowest BCUT2D eigenvalue weighted by Crippen LogP contribution is -2.10. The van der Waals surface area contributed by atoms with Gasteiger partial charge in [0, 0.05) is 11.8 Å². The highest BCUT2D eigenvalue weighted by Crippen LogP contribution is 2.28. The molecule has 0 spiro atoms. The predicted octanol–water partition coefficient (Wildman–Crippen LogP) is 0.870. The van der Waals surface area contributed by atoms with Crippen molar-refractivity contribution in [1.82, 2.24) is 0 Å². The summed E-state index contributed by atoms with van der Waals surface area (Å²) in [4.78, 5) is 9.54. The number of nitrogens with zero attached hydrogens (tertiary/aromatic N) is 2. The molecule has 0 heterocycles. The molecule has 0 aliphatic rings. The van der Waals surface area contributed by atoms with E-state index in [1.807, 2.05) is 0 Å². The van der Waals surface area contributed by atoms with Gasteiger partial charge < -0.3 is 16.2 Å². The van der Waals surface area contributed by atoms with Crippen LogP contribution in [0.25, 0.3) is 0 Å². The minimum Gasteiger partial charge on any atom is -0.733 e. The third-order valence-electron chi connectivity index (χ3n) is 1.40. The first-order valence-electron chi connectivity index (χ1n) is 3.22. The van der Waals surface area contributed by atoms with Crippen molar-refractivity contribution in [3.05, 3.63) is 33.5 Å². The molecule has 1 aromatic rings. The number of hydrogen-bond donors (Lipinski definition) is 2. The van der Waals surface area contributed by atoms with Crippen LogP contribution in [0.15, 0.2) is 18.2 Å². The zero-order valence-electron chi connectivity index (χ0n) is 6.38. The molecule has 1 rings (SSSR count). The van der Waals surface area contributed by atoms with Crippen LogP contribution < -0.4 is 11.0 Å². The van der Waals surface area contributed by atoms with Gasteiger partial charge in [0.05, 0.1) is 4.92 Å². The molecule has 0 saturated heterocycles. The van der Waals surface area contributed by atoms with Crippen molar-refractivity contribution in [3.63, 3.8) is 0 Å². The lowest BCUT2D eigenvalue weighted by molar-refractivity contribution is -0.384. The first kappa shape index (κ1) is 9.23. The van der Waals surface area contributed by atoms with Crippen LogP contribution in [0.5, 0.6) is 0 Å². The Hall–Kier alpha value is -1.86. The second-order valence-corrected chi connectivity index (χ2v) is 2.28. The standard InChI is InChI=1S/C6H6N3O4/c7-4-1-2-5(8(10)11)6(3-4)9(12)13/h1-3,12H,7H2/q-1. The highest BCUT2D eigenvalue weighted by Gasteiger charge is 2.13. The van der Waals surface area contributed by atoms with Crippen molar-refractivity contribution in [3.8, 4) is 0 Å². The quantitative estimate of drug-likeness (QED) is 0.400. The second-order valence-electron chi connectivity index (χ2n) is 2.28. The van der Waals surface area contributed by atoms with E-state index in [4.69, 9.17) is 10.9 Å². The van der Waals surface area contributed by atoms with Crippen LogP contribution in [0.4, 0.5) is 17.1 Å². The lowest BCUT2D eigenvalue weighted by Gasteiger charge is -2.21. The Balaban J connectivity index is 3.26. The fraction of sp³-hybridized carbons (Fsp3) is 0. The van der Waals surface area contributed by atoms with Gasteiger partial charge in [-0.2, -0.15) is 0 Å². The lowest BCUT2D eigenvalue weighted by atomic mass is 10.2. The largest absolute Gasteiger partial charge is 0.733 e. The summed E-state index contributed by atoms with van der Waals surface area (Å²) >= 11 is 0. The van der Waals surface area contributed by atoms with Gasteiger partial charge in [-0.3, -0.25) is 15.3 Å². The zero-order chi connectivity index (χ0) is 10.0. The Bertz CT molecular complexity index is 339. The summed E-state index contributed by atoms with van der Waals surface area (Å²) in [5.74, 6) is 0. The van der Waals surface area contributed by atoms with Crippen LogP contribution in [0, 0.1) is 15.3 Å². The van der Waals surface area contributed by atoms with E-state index in [0.717, 1.165) is 12.1 Å². The zero-order valence-corrected chi connectivity index (χ0v) is 6.38. The summed E-state index contributed by atoms with van der Waals surface area (Å²) in [6.45, 7) is 0. The van der Waals surface area contributed by atoms with Crippen molar-refractivity contribution in [2.45, 2.75) is 0 Å². The Labute approximate surface area is 72.7 Å². The molecule has 13 heavy (non-hydrogen) atoms. The van der Waals surface area contributed by atoms with Crippen molar-refractivity contribution in [2.24, 2.45) is 0 Å². The fourth-order valence-electron chi connectivity index (χ4n) is 0.848. The molecule has 0 aliphatic heterocycles. The molecule has 70 valence electrons. The molecule has 0 bridgehead atoms. The summed E-state index contributed by atoms with van der Waals surface area (Å²) in [5, 5.41) is 28.7. The van der Waals surface area contributed by atoms with Gasteiger partial charge in [-0.25, -0.2) is 0 Å². The highest BCUT2D eigenvalue weighted by atomic mass is 16.8. The number of nitro groups is 1. The van der Waals surface area contributed by atoms with E-state index in [9.17, 15) is 15.3 Å². The van der Waals surface area contributed by atoms with Crippen LogP contribution in [0.2, 0.25) is 0 Å². The summed E-state index contributed by atoms with van der Waals surface area (Å²) in [5.41, 5.74) is 4.45. The number of nitro benzene ring substituents is 1. The van der Waals surface area contributed by atoms with Crippen LogP contribution in [-0.4, -0.2) is 10.1 Å². The third-order valence-corrected chi connectivity index (χ3v) is 1.40. The van der Waals surface area contributed by atoms with Gasteiger partial charge in [-0.05, 0) is 12.1 Å². The monoisotopic (exact) mass is 184 g/mol. The minimum atomic E-state index is -0.782. The van der Waals surface area contributed by atoms with E-state index in [-0.39, 0.29) is 5.69 Å². The van der Waals surface area contributed by atoms with Crippen molar-refractivity contribution in [1.29, 1.82) is 0 Å². The minimum absolute atomic E-state index is 0.163. The van der Waals surface area contributed by atoms with E-state index in [0.29, 0.717) is 0 Å². The van der Waals surface area contributed by atoms with Gasteiger partial charge in [0.1, 0.15) is 5.69 Å². The number of nitrogens with two attached hydrogens (primary N) is 1. The van der Waals surface area contributed by atoms with Gasteiger partial charge in [0.25, 0.3) is 5.69 Å². The second kappa shape index (κ2) is 3.25. The summed E-state index contributed by atoms with van der Waals surface area (Å²) < 4.78 is 0. The summed E-state index contributed by atoms with van der Waals surface area (Å²) in [7, 11) is 0. The number of nitrogen functional groups attached to an aromatic ring is 1. The Morgan fingerprint density at radius 2 is 2.15 bits per heavy atom. The molecular formula is C6H6N3O4-. The molecule has 0 radical (unpaired) electrons. The molecule has 7 heteroatoms. The van der Waals surface area contributed by atoms with Crippen molar-refractivity contribution < 1.29 is 10.1 Å². The number of benzene rings is 1. The van der Waals surface area contributed by atoms with Gasteiger partial charge in [0.15, 0.2) is 0 Å². The fourth-order valence-corrected chi connectivity index (χ4v) is 0.848. The molecule has 0 aromatic heterocycles. The molecule has 0 amide bonds. The first-order valence-corrected chi connectivity index (χ1v) is 3.22. The molecule has 1 aromatic carbocycles. The average molecular weight is 184 g/mol.